The molecule has 0 amide bonds. The van der Waals surface area contributed by atoms with E-state index in [0.717, 1.165) is 5.56 Å². The van der Waals surface area contributed by atoms with Gasteiger partial charge in [-0.25, -0.2) is 0 Å². The van der Waals surface area contributed by atoms with Gasteiger partial charge in [-0.1, -0.05) is 41.9 Å². The van der Waals surface area contributed by atoms with Crippen molar-refractivity contribution in [2.45, 2.75) is 13.0 Å². The van der Waals surface area contributed by atoms with Crippen molar-refractivity contribution in [3.63, 3.8) is 0 Å². The fraction of sp³-hybridized carbons (Fsp3) is 0.0952. The number of carbonyl (C=O) groups excluding carboxylic acids is 1. The summed E-state index contributed by atoms with van der Waals surface area (Å²) in [6.45, 7) is 0.265. The summed E-state index contributed by atoms with van der Waals surface area (Å²) >= 11 is 5.84. The Morgan fingerprint density at radius 2 is 1.54 bits per heavy atom. The van der Waals surface area contributed by atoms with Crippen LogP contribution in [0.1, 0.15) is 15.9 Å². The molecule has 144 valence electrons. The standard InChI is InChI=1S/C21H14ClF3O3/c22-18-6-1-14(2-7-18)13-27-20-10-5-16(11-17(20)12-26)15-3-8-19(9-4-15)28-21(23,24)25/h1-12H,13H2. The first kappa shape index (κ1) is 19.8. The van der Waals surface area contributed by atoms with E-state index in [1.54, 1.807) is 30.3 Å². The molecule has 0 bridgehead atoms. The highest BCUT2D eigenvalue weighted by Gasteiger charge is 2.30. The first-order chi connectivity index (χ1) is 13.3. The van der Waals surface area contributed by atoms with Gasteiger partial charge in [0.1, 0.15) is 18.1 Å². The van der Waals surface area contributed by atoms with E-state index in [-0.39, 0.29) is 12.4 Å². The fourth-order valence-electron chi connectivity index (χ4n) is 2.54. The Morgan fingerprint density at radius 3 is 2.14 bits per heavy atom. The SMILES string of the molecule is O=Cc1cc(-c2ccc(OC(F)(F)F)cc2)ccc1OCc1ccc(Cl)cc1. The number of halogens is 4. The van der Waals surface area contributed by atoms with Gasteiger partial charge < -0.3 is 9.47 Å². The number of benzene rings is 3. The van der Waals surface area contributed by atoms with Crippen molar-refractivity contribution in [1.29, 1.82) is 0 Å². The van der Waals surface area contributed by atoms with Crippen LogP contribution >= 0.6 is 11.6 Å². The van der Waals surface area contributed by atoms with Crippen LogP contribution in [0.25, 0.3) is 11.1 Å². The zero-order valence-corrected chi connectivity index (χ0v) is 15.1. The molecule has 0 saturated heterocycles. The highest BCUT2D eigenvalue weighted by Crippen LogP contribution is 2.29. The average molecular weight is 407 g/mol. The van der Waals surface area contributed by atoms with E-state index in [4.69, 9.17) is 16.3 Å². The van der Waals surface area contributed by atoms with Gasteiger partial charge in [0.15, 0.2) is 6.29 Å². The molecule has 3 rings (SSSR count). The molecule has 0 fully saturated rings. The third kappa shape index (κ3) is 5.27. The second-order valence-corrected chi connectivity index (χ2v) is 6.29. The highest BCUT2D eigenvalue weighted by atomic mass is 35.5. The van der Waals surface area contributed by atoms with Crippen LogP contribution in [0.3, 0.4) is 0 Å². The normalized spacial score (nSPS) is 11.1. The average Bonchev–Trinajstić information content (AvgIpc) is 2.67. The van der Waals surface area contributed by atoms with Crippen LogP contribution < -0.4 is 9.47 Å². The van der Waals surface area contributed by atoms with Gasteiger partial charge in [-0.05, 0) is 53.1 Å². The lowest BCUT2D eigenvalue weighted by Gasteiger charge is -2.12. The Morgan fingerprint density at radius 1 is 0.893 bits per heavy atom. The van der Waals surface area contributed by atoms with Crippen molar-refractivity contribution in [1.82, 2.24) is 0 Å². The molecule has 0 saturated carbocycles. The van der Waals surface area contributed by atoms with Gasteiger partial charge in [-0.15, -0.1) is 13.2 Å². The molecular formula is C21H14ClF3O3. The summed E-state index contributed by atoms with van der Waals surface area (Å²) in [6, 6.07) is 17.5. The Labute approximate surface area is 164 Å². The molecule has 0 aliphatic heterocycles. The molecule has 3 aromatic carbocycles. The van der Waals surface area contributed by atoms with Crippen molar-refractivity contribution in [2.24, 2.45) is 0 Å². The molecule has 0 aliphatic carbocycles. The number of rotatable bonds is 6. The number of alkyl halides is 3. The van der Waals surface area contributed by atoms with Crippen LogP contribution in [0.4, 0.5) is 13.2 Å². The van der Waals surface area contributed by atoms with Crippen molar-refractivity contribution < 1.29 is 27.4 Å². The van der Waals surface area contributed by atoms with E-state index in [1.165, 1.54) is 24.3 Å². The van der Waals surface area contributed by atoms with Crippen LogP contribution in [0, 0.1) is 0 Å². The Balaban J connectivity index is 1.75. The molecule has 0 unspecified atom stereocenters. The van der Waals surface area contributed by atoms with Gasteiger partial charge in [-0.2, -0.15) is 0 Å². The van der Waals surface area contributed by atoms with E-state index < -0.39 is 6.36 Å². The van der Waals surface area contributed by atoms with Gasteiger partial charge in [0.25, 0.3) is 0 Å². The molecule has 7 heteroatoms. The van der Waals surface area contributed by atoms with Crippen molar-refractivity contribution in [3.8, 4) is 22.6 Å². The third-order valence-electron chi connectivity index (χ3n) is 3.87. The molecule has 3 nitrogen and oxygen atoms in total. The summed E-state index contributed by atoms with van der Waals surface area (Å²) < 4.78 is 46.3. The molecular weight excluding hydrogens is 393 g/mol. The molecule has 28 heavy (non-hydrogen) atoms. The largest absolute Gasteiger partial charge is 0.573 e. The minimum Gasteiger partial charge on any atom is -0.488 e. The topological polar surface area (TPSA) is 35.5 Å². The molecule has 0 aromatic heterocycles. The van der Waals surface area contributed by atoms with Gasteiger partial charge >= 0.3 is 6.36 Å². The molecule has 0 spiro atoms. The summed E-state index contributed by atoms with van der Waals surface area (Å²) in [4.78, 5) is 11.4. The predicted octanol–water partition coefficient (Wildman–Crippen LogP) is 6.30. The molecule has 3 aromatic rings. The van der Waals surface area contributed by atoms with E-state index in [0.29, 0.717) is 33.7 Å². The third-order valence-corrected chi connectivity index (χ3v) is 4.12. The number of hydrogen-bond donors (Lipinski definition) is 0. The maximum atomic E-state index is 12.2. The van der Waals surface area contributed by atoms with E-state index in [1.807, 2.05) is 12.1 Å². The lowest BCUT2D eigenvalue weighted by molar-refractivity contribution is -0.274. The van der Waals surface area contributed by atoms with Crippen LogP contribution in [0.15, 0.2) is 66.7 Å². The number of aldehydes is 1. The lowest BCUT2D eigenvalue weighted by atomic mass is 10.0. The maximum absolute atomic E-state index is 12.2. The molecule has 0 heterocycles. The Hall–Kier alpha value is -2.99. The summed E-state index contributed by atoms with van der Waals surface area (Å²) in [5, 5.41) is 0.619. The smallest absolute Gasteiger partial charge is 0.488 e. The van der Waals surface area contributed by atoms with Crippen molar-refractivity contribution in [3.05, 3.63) is 82.9 Å². The van der Waals surface area contributed by atoms with Crippen molar-refractivity contribution in [2.75, 3.05) is 0 Å². The first-order valence-electron chi connectivity index (χ1n) is 8.17. The van der Waals surface area contributed by atoms with Gasteiger partial charge in [0.2, 0.25) is 0 Å². The van der Waals surface area contributed by atoms with Crippen LogP contribution in [0.5, 0.6) is 11.5 Å². The second-order valence-electron chi connectivity index (χ2n) is 5.86. The first-order valence-corrected chi connectivity index (χ1v) is 8.54. The predicted molar refractivity (Wildman–Crippen MR) is 99.7 cm³/mol. The minimum atomic E-state index is -4.74. The number of hydrogen-bond acceptors (Lipinski definition) is 3. The zero-order valence-electron chi connectivity index (χ0n) is 14.4. The Kier molecular flexibility index (Phi) is 5.90. The zero-order chi connectivity index (χ0) is 20.1. The molecule has 0 aliphatic rings. The summed E-state index contributed by atoms with van der Waals surface area (Å²) in [5.41, 5.74) is 2.54. The van der Waals surface area contributed by atoms with Gasteiger partial charge in [0, 0.05) is 5.02 Å². The van der Waals surface area contributed by atoms with E-state index in [9.17, 15) is 18.0 Å². The monoisotopic (exact) mass is 406 g/mol. The van der Waals surface area contributed by atoms with Crippen LogP contribution in [0.2, 0.25) is 5.02 Å². The quantitative estimate of drug-likeness (QED) is 0.451. The summed E-state index contributed by atoms with van der Waals surface area (Å²) in [7, 11) is 0. The summed E-state index contributed by atoms with van der Waals surface area (Å²) in [6.07, 6.45) is -4.07. The van der Waals surface area contributed by atoms with E-state index >= 15 is 0 Å². The molecule has 0 N–H and O–H groups in total. The van der Waals surface area contributed by atoms with Crippen LogP contribution in [-0.4, -0.2) is 12.6 Å². The van der Waals surface area contributed by atoms with E-state index in [2.05, 4.69) is 4.74 Å². The second kappa shape index (κ2) is 8.35. The number of carbonyl (C=O) groups is 1. The maximum Gasteiger partial charge on any atom is 0.573 e. The Bertz CT molecular complexity index is 952. The summed E-state index contributed by atoms with van der Waals surface area (Å²) in [5.74, 6) is 0.0977. The number of ether oxygens (including phenoxy) is 2. The highest BCUT2D eigenvalue weighted by molar-refractivity contribution is 6.30. The molecule has 0 atom stereocenters. The van der Waals surface area contributed by atoms with Crippen molar-refractivity contribution >= 4 is 17.9 Å². The van der Waals surface area contributed by atoms with Crippen LogP contribution in [-0.2, 0) is 6.61 Å². The van der Waals surface area contributed by atoms with Gasteiger partial charge in [0.05, 0.1) is 5.56 Å². The van der Waals surface area contributed by atoms with Gasteiger partial charge in [-0.3, -0.25) is 4.79 Å². The lowest BCUT2D eigenvalue weighted by Crippen LogP contribution is -2.16. The minimum absolute atomic E-state index is 0.265. The fourth-order valence-corrected chi connectivity index (χ4v) is 2.67. The molecule has 0 radical (unpaired) electrons.